The SMILES string of the molecule is O=C(c1ccc2c(c1)C(=O)N(C1CCCCC1)C2=O)N(CCO)Cc1ccccc1. The molecule has 2 aromatic carbocycles. The Kier molecular flexibility index (Phi) is 5.95. The van der Waals surface area contributed by atoms with E-state index in [2.05, 4.69) is 0 Å². The van der Waals surface area contributed by atoms with Crippen molar-refractivity contribution in [2.24, 2.45) is 0 Å². The van der Waals surface area contributed by atoms with Crippen LogP contribution in [0.2, 0.25) is 0 Å². The molecule has 0 bridgehead atoms. The molecule has 1 aliphatic heterocycles. The quantitative estimate of drug-likeness (QED) is 0.747. The maximum Gasteiger partial charge on any atom is 0.261 e. The Balaban J connectivity index is 1.58. The lowest BCUT2D eigenvalue weighted by Gasteiger charge is -2.29. The fourth-order valence-electron chi connectivity index (χ4n) is 4.42. The average Bonchev–Trinajstić information content (AvgIpc) is 3.04. The van der Waals surface area contributed by atoms with Crippen LogP contribution in [0.15, 0.2) is 48.5 Å². The lowest BCUT2D eigenvalue weighted by atomic mass is 9.94. The Labute approximate surface area is 176 Å². The normalized spacial score (nSPS) is 16.6. The van der Waals surface area contributed by atoms with Crippen LogP contribution >= 0.6 is 0 Å². The molecule has 0 saturated heterocycles. The van der Waals surface area contributed by atoms with Crippen LogP contribution in [0.4, 0.5) is 0 Å². The lowest BCUT2D eigenvalue weighted by molar-refractivity contribution is 0.0548. The number of aliphatic hydroxyl groups is 1. The van der Waals surface area contributed by atoms with Gasteiger partial charge in [0, 0.05) is 24.7 Å². The van der Waals surface area contributed by atoms with Crippen LogP contribution in [-0.4, -0.2) is 51.8 Å². The summed E-state index contributed by atoms with van der Waals surface area (Å²) in [6.45, 7) is 0.390. The second-order valence-electron chi connectivity index (χ2n) is 7.97. The van der Waals surface area contributed by atoms with Crippen molar-refractivity contribution >= 4 is 17.7 Å². The highest BCUT2D eigenvalue weighted by atomic mass is 16.3. The maximum atomic E-state index is 13.1. The summed E-state index contributed by atoms with van der Waals surface area (Å²) >= 11 is 0. The molecule has 0 spiro atoms. The molecule has 156 valence electrons. The number of rotatable bonds is 6. The van der Waals surface area contributed by atoms with E-state index in [1.54, 1.807) is 17.0 Å². The van der Waals surface area contributed by atoms with Crippen LogP contribution in [0.3, 0.4) is 0 Å². The van der Waals surface area contributed by atoms with Crippen LogP contribution in [0.25, 0.3) is 0 Å². The minimum Gasteiger partial charge on any atom is -0.395 e. The highest BCUT2D eigenvalue weighted by Gasteiger charge is 2.40. The van der Waals surface area contributed by atoms with Gasteiger partial charge in [-0.3, -0.25) is 19.3 Å². The van der Waals surface area contributed by atoms with Gasteiger partial charge in [0.15, 0.2) is 0 Å². The van der Waals surface area contributed by atoms with Gasteiger partial charge < -0.3 is 10.0 Å². The summed E-state index contributed by atoms with van der Waals surface area (Å²) in [6.07, 6.45) is 4.88. The van der Waals surface area contributed by atoms with Crippen LogP contribution in [-0.2, 0) is 6.54 Å². The molecule has 1 aliphatic carbocycles. The Morgan fingerprint density at radius 3 is 2.37 bits per heavy atom. The Bertz CT molecular complexity index is 951. The summed E-state index contributed by atoms with van der Waals surface area (Å²) in [6, 6.07) is 14.2. The number of aliphatic hydroxyl groups excluding tert-OH is 1. The van der Waals surface area contributed by atoms with Crippen molar-refractivity contribution in [1.82, 2.24) is 9.80 Å². The number of fused-ring (bicyclic) bond motifs is 1. The van der Waals surface area contributed by atoms with E-state index in [0.29, 0.717) is 23.2 Å². The van der Waals surface area contributed by atoms with Gasteiger partial charge in [0.1, 0.15) is 0 Å². The van der Waals surface area contributed by atoms with E-state index in [0.717, 1.165) is 37.7 Å². The largest absolute Gasteiger partial charge is 0.395 e. The number of hydrogen-bond donors (Lipinski definition) is 1. The van der Waals surface area contributed by atoms with Gasteiger partial charge in [-0.05, 0) is 36.6 Å². The minimum atomic E-state index is -0.298. The Morgan fingerprint density at radius 2 is 1.67 bits per heavy atom. The molecule has 1 N–H and O–H groups in total. The molecule has 4 rings (SSSR count). The first-order valence-electron chi connectivity index (χ1n) is 10.6. The molecule has 2 aliphatic rings. The second kappa shape index (κ2) is 8.79. The molecular formula is C24H26N2O4. The van der Waals surface area contributed by atoms with Crippen molar-refractivity contribution in [3.63, 3.8) is 0 Å². The molecule has 30 heavy (non-hydrogen) atoms. The van der Waals surface area contributed by atoms with Crippen LogP contribution in [0.5, 0.6) is 0 Å². The van der Waals surface area contributed by atoms with E-state index >= 15 is 0 Å². The molecule has 1 heterocycles. The molecule has 3 amide bonds. The fourth-order valence-corrected chi connectivity index (χ4v) is 4.42. The molecule has 0 radical (unpaired) electrons. The smallest absolute Gasteiger partial charge is 0.261 e. The summed E-state index contributed by atoms with van der Waals surface area (Å²) in [5.74, 6) is -0.821. The van der Waals surface area contributed by atoms with Gasteiger partial charge in [0.05, 0.1) is 17.7 Å². The van der Waals surface area contributed by atoms with Crippen molar-refractivity contribution in [3.8, 4) is 0 Å². The first-order chi connectivity index (χ1) is 14.6. The topological polar surface area (TPSA) is 77.9 Å². The standard InChI is InChI=1S/C24H26N2O4/c27-14-13-25(16-17-7-3-1-4-8-17)22(28)18-11-12-20-21(15-18)24(30)26(23(20)29)19-9-5-2-6-10-19/h1,3-4,7-8,11-12,15,19,27H,2,5-6,9-10,13-14,16H2. The third kappa shape index (κ3) is 3.87. The van der Waals surface area contributed by atoms with Gasteiger partial charge in [-0.1, -0.05) is 49.6 Å². The highest BCUT2D eigenvalue weighted by molar-refractivity contribution is 6.22. The van der Waals surface area contributed by atoms with Gasteiger partial charge >= 0.3 is 0 Å². The molecule has 6 nitrogen and oxygen atoms in total. The molecule has 2 aromatic rings. The molecule has 6 heteroatoms. The van der Waals surface area contributed by atoms with E-state index < -0.39 is 0 Å². The van der Waals surface area contributed by atoms with E-state index in [1.165, 1.54) is 11.0 Å². The highest BCUT2D eigenvalue weighted by Crippen LogP contribution is 2.31. The van der Waals surface area contributed by atoms with Crippen molar-refractivity contribution in [3.05, 3.63) is 70.8 Å². The summed E-state index contributed by atoms with van der Waals surface area (Å²) in [5, 5.41) is 9.42. The molecule has 0 atom stereocenters. The third-order valence-electron chi connectivity index (χ3n) is 5.98. The molecule has 0 unspecified atom stereocenters. The Hall–Kier alpha value is -2.99. The number of benzene rings is 2. The molecular weight excluding hydrogens is 380 g/mol. The molecule has 0 aromatic heterocycles. The Morgan fingerprint density at radius 1 is 0.967 bits per heavy atom. The van der Waals surface area contributed by atoms with Gasteiger partial charge in [0.2, 0.25) is 0 Å². The first-order valence-corrected chi connectivity index (χ1v) is 10.6. The van der Waals surface area contributed by atoms with Crippen molar-refractivity contribution < 1.29 is 19.5 Å². The number of imide groups is 1. The molecule has 1 saturated carbocycles. The van der Waals surface area contributed by atoms with Crippen molar-refractivity contribution in [2.45, 2.75) is 44.7 Å². The van der Waals surface area contributed by atoms with E-state index in [1.807, 2.05) is 30.3 Å². The van der Waals surface area contributed by atoms with E-state index in [-0.39, 0.29) is 36.9 Å². The van der Waals surface area contributed by atoms with Crippen molar-refractivity contribution in [1.29, 1.82) is 0 Å². The van der Waals surface area contributed by atoms with Crippen LogP contribution < -0.4 is 0 Å². The van der Waals surface area contributed by atoms with Gasteiger partial charge in [0.25, 0.3) is 17.7 Å². The summed E-state index contributed by atoms with van der Waals surface area (Å²) in [5.41, 5.74) is 1.99. The molecule has 1 fully saturated rings. The number of nitrogens with zero attached hydrogens (tertiary/aromatic N) is 2. The van der Waals surface area contributed by atoms with Crippen LogP contribution in [0, 0.1) is 0 Å². The van der Waals surface area contributed by atoms with Crippen molar-refractivity contribution in [2.75, 3.05) is 13.2 Å². The number of hydrogen-bond acceptors (Lipinski definition) is 4. The number of carbonyl (C=O) groups is 3. The van der Waals surface area contributed by atoms with E-state index in [9.17, 15) is 19.5 Å². The average molecular weight is 406 g/mol. The summed E-state index contributed by atoms with van der Waals surface area (Å²) in [7, 11) is 0. The maximum absolute atomic E-state index is 13.1. The summed E-state index contributed by atoms with van der Waals surface area (Å²) in [4.78, 5) is 41.9. The monoisotopic (exact) mass is 406 g/mol. The zero-order chi connectivity index (χ0) is 21.1. The van der Waals surface area contributed by atoms with Gasteiger partial charge in [-0.15, -0.1) is 0 Å². The van der Waals surface area contributed by atoms with Gasteiger partial charge in [-0.2, -0.15) is 0 Å². The number of amides is 3. The summed E-state index contributed by atoms with van der Waals surface area (Å²) < 4.78 is 0. The van der Waals surface area contributed by atoms with E-state index in [4.69, 9.17) is 0 Å². The zero-order valence-electron chi connectivity index (χ0n) is 16.9. The first kappa shape index (κ1) is 20.3. The zero-order valence-corrected chi connectivity index (χ0v) is 16.9. The predicted octanol–water partition coefficient (Wildman–Crippen LogP) is 3.25. The van der Waals surface area contributed by atoms with Crippen LogP contribution in [0.1, 0.15) is 68.7 Å². The predicted molar refractivity (Wildman–Crippen MR) is 112 cm³/mol. The fraction of sp³-hybridized carbons (Fsp3) is 0.375. The van der Waals surface area contributed by atoms with Gasteiger partial charge in [-0.25, -0.2) is 0 Å². The second-order valence-corrected chi connectivity index (χ2v) is 7.97. The number of carbonyl (C=O) groups excluding carboxylic acids is 3. The lowest BCUT2D eigenvalue weighted by Crippen LogP contribution is -2.40. The minimum absolute atomic E-state index is 0.0470. The third-order valence-corrected chi connectivity index (χ3v) is 5.98.